The molecule has 0 aliphatic heterocycles. The molecule has 16 heteroatoms. The predicted molar refractivity (Wildman–Crippen MR) is 81.1 cm³/mol. The van der Waals surface area contributed by atoms with Crippen molar-refractivity contribution < 1.29 is 71.0 Å². The highest BCUT2D eigenvalue weighted by Gasteiger charge is 2.93. The second kappa shape index (κ2) is 8.41. The Morgan fingerprint density at radius 1 is 0.606 bits per heavy atom. The topological polar surface area (TPSA) is 20.2 Å². The van der Waals surface area contributed by atoms with Gasteiger partial charge in [-0.3, -0.25) is 0 Å². The molecule has 1 unspecified atom stereocenters. The Hall–Kier alpha value is -1.87. The zero-order valence-electron chi connectivity index (χ0n) is 15.9. The molecule has 0 saturated carbocycles. The summed E-state index contributed by atoms with van der Waals surface area (Å²) in [4.78, 5) is 0. The quantitative estimate of drug-likeness (QED) is 0.348. The molecule has 0 saturated heterocycles. The maximum absolute atomic E-state index is 13.8. The van der Waals surface area contributed by atoms with Crippen molar-refractivity contribution in [2.24, 2.45) is 0 Å². The molecule has 33 heavy (non-hydrogen) atoms. The molecule has 0 spiro atoms. The molecule has 192 valence electrons. The van der Waals surface area contributed by atoms with E-state index in [-0.39, 0.29) is 0 Å². The molecule has 0 amide bonds. The van der Waals surface area contributed by atoms with Gasteiger partial charge in [0.05, 0.1) is 6.10 Å². The monoisotopic (exact) mass is 518 g/mol. The first-order valence-corrected chi connectivity index (χ1v) is 8.53. The molecule has 0 aliphatic carbocycles. The second-order valence-corrected chi connectivity index (χ2v) is 6.89. The van der Waals surface area contributed by atoms with E-state index < -0.39 is 59.8 Å². The third kappa shape index (κ3) is 4.46. The molecule has 1 aromatic rings. The molecule has 0 radical (unpaired) electrons. The van der Waals surface area contributed by atoms with Gasteiger partial charge >= 0.3 is 41.7 Å². The van der Waals surface area contributed by atoms with Gasteiger partial charge < -0.3 is 5.11 Å². The van der Waals surface area contributed by atoms with Gasteiger partial charge in [0.15, 0.2) is 0 Å². The fraction of sp³-hybridized carbons (Fsp3) is 0.647. The molecule has 0 aliphatic rings. The van der Waals surface area contributed by atoms with Crippen molar-refractivity contribution in [2.45, 2.75) is 67.6 Å². The lowest BCUT2D eigenvalue weighted by molar-refractivity contribution is -0.453. The van der Waals surface area contributed by atoms with E-state index in [0.717, 1.165) is 24.3 Å². The van der Waals surface area contributed by atoms with Gasteiger partial charge in [0.1, 0.15) is 0 Å². The number of aliphatic hydroxyl groups excluding tert-OH is 1. The van der Waals surface area contributed by atoms with Crippen molar-refractivity contribution in [3.8, 4) is 0 Å². The summed E-state index contributed by atoms with van der Waals surface area (Å²) in [6, 6.07) is 4.03. The Labute approximate surface area is 175 Å². The largest absolute Gasteiger partial charge is 0.460 e. The Morgan fingerprint density at radius 3 is 1.33 bits per heavy atom. The molecular formula is C17H13F15O. The Morgan fingerprint density at radius 2 is 0.970 bits per heavy atom. The molecule has 0 heterocycles. The highest BCUT2D eigenvalue weighted by Crippen LogP contribution is 2.63. The van der Waals surface area contributed by atoms with E-state index in [4.69, 9.17) is 0 Å². The molecule has 1 atom stereocenters. The van der Waals surface area contributed by atoms with Gasteiger partial charge in [0.2, 0.25) is 0 Å². The zero-order chi connectivity index (χ0) is 26.5. The van der Waals surface area contributed by atoms with Crippen LogP contribution in [0, 0.1) is 0 Å². The maximum atomic E-state index is 13.8. The Bertz CT molecular complexity index is 811. The smallest absolute Gasteiger partial charge is 0.388 e. The van der Waals surface area contributed by atoms with E-state index in [1.54, 1.807) is 6.92 Å². The number of rotatable bonds is 9. The van der Waals surface area contributed by atoms with E-state index in [9.17, 15) is 71.0 Å². The van der Waals surface area contributed by atoms with E-state index >= 15 is 0 Å². The summed E-state index contributed by atoms with van der Waals surface area (Å²) in [7, 11) is 0. The minimum Gasteiger partial charge on any atom is -0.388 e. The van der Waals surface area contributed by atoms with Crippen LogP contribution in [-0.2, 0) is 6.42 Å². The van der Waals surface area contributed by atoms with Gasteiger partial charge in [0, 0.05) is 6.42 Å². The summed E-state index contributed by atoms with van der Waals surface area (Å²) in [5, 5.41) is 9.58. The van der Waals surface area contributed by atoms with Crippen LogP contribution in [0.15, 0.2) is 24.3 Å². The first kappa shape index (κ1) is 29.2. The molecular weight excluding hydrogens is 505 g/mol. The average molecular weight is 518 g/mol. The molecule has 1 N–H and O–H groups in total. The molecule has 1 nitrogen and oxygen atoms in total. The Kier molecular flexibility index (Phi) is 7.43. The lowest BCUT2D eigenvalue weighted by Crippen LogP contribution is -2.72. The van der Waals surface area contributed by atoms with Crippen LogP contribution in [0.5, 0.6) is 0 Å². The second-order valence-electron chi connectivity index (χ2n) is 6.89. The first-order chi connectivity index (χ1) is 14.4. The molecule has 1 rings (SSSR count). The number of hydrogen-bond donors (Lipinski definition) is 1. The normalized spacial score (nSPS) is 16.2. The lowest BCUT2D eigenvalue weighted by atomic mass is 9.88. The number of benzene rings is 1. The minimum absolute atomic E-state index is 0.364. The summed E-state index contributed by atoms with van der Waals surface area (Å²) in [5.74, 6) is -46.9. The van der Waals surface area contributed by atoms with Crippen molar-refractivity contribution in [1.82, 2.24) is 0 Å². The molecule has 0 fully saturated rings. The van der Waals surface area contributed by atoms with Gasteiger partial charge in [-0.15, -0.1) is 0 Å². The SMILES string of the molecule is CCc1ccc(C(O)CC(F)(F)C(F)(F)C(F)(F)C(F)(F)C(F)(F)C(F)(F)C(F)(F)F)cc1. The van der Waals surface area contributed by atoms with Gasteiger partial charge in [-0.1, -0.05) is 31.2 Å². The number of alkyl halides is 15. The summed E-state index contributed by atoms with van der Waals surface area (Å²) < 4.78 is 197. The summed E-state index contributed by atoms with van der Waals surface area (Å²) >= 11 is 0. The van der Waals surface area contributed by atoms with Crippen molar-refractivity contribution >= 4 is 0 Å². The number of hydrogen-bond acceptors (Lipinski definition) is 1. The van der Waals surface area contributed by atoms with Crippen LogP contribution in [0.3, 0.4) is 0 Å². The average Bonchev–Trinajstić information content (AvgIpc) is 2.65. The van der Waals surface area contributed by atoms with E-state index in [1.807, 2.05) is 0 Å². The van der Waals surface area contributed by atoms with Gasteiger partial charge in [-0.2, -0.15) is 65.9 Å². The van der Waals surface area contributed by atoms with Crippen molar-refractivity contribution in [3.63, 3.8) is 0 Å². The zero-order valence-corrected chi connectivity index (χ0v) is 15.9. The fourth-order valence-electron chi connectivity index (χ4n) is 2.46. The van der Waals surface area contributed by atoms with Gasteiger partial charge in [0.25, 0.3) is 0 Å². The van der Waals surface area contributed by atoms with Crippen LogP contribution in [-0.4, -0.2) is 46.8 Å². The van der Waals surface area contributed by atoms with Crippen molar-refractivity contribution in [3.05, 3.63) is 35.4 Å². The van der Waals surface area contributed by atoms with Crippen LogP contribution in [0.4, 0.5) is 65.9 Å². The van der Waals surface area contributed by atoms with E-state index in [1.165, 1.54) is 0 Å². The highest BCUT2D eigenvalue weighted by atomic mass is 19.4. The number of aliphatic hydroxyl groups is 1. The third-order valence-corrected chi connectivity index (χ3v) is 4.62. The van der Waals surface area contributed by atoms with Crippen LogP contribution in [0.25, 0.3) is 0 Å². The Balaban J connectivity index is 3.40. The predicted octanol–water partition coefficient (Wildman–Crippen LogP) is 7.05. The van der Waals surface area contributed by atoms with Crippen LogP contribution >= 0.6 is 0 Å². The summed E-state index contributed by atoms with van der Waals surface area (Å²) in [5.41, 5.74) is -0.117. The first-order valence-electron chi connectivity index (χ1n) is 8.53. The van der Waals surface area contributed by atoms with Crippen LogP contribution in [0.1, 0.15) is 30.6 Å². The molecule has 0 bridgehead atoms. The maximum Gasteiger partial charge on any atom is 0.460 e. The summed E-state index contributed by atoms with van der Waals surface area (Å²) in [6.45, 7) is 1.61. The fourth-order valence-corrected chi connectivity index (χ4v) is 2.46. The molecule has 1 aromatic carbocycles. The summed E-state index contributed by atoms with van der Waals surface area (Å²) in [6.07, 6.45) is -12.9. The van der Waals surface area contributed by atoms with Crippen LogP contribution < -0.4 is 0 Å². The minimum atomic E-state index is -8.33. The van der Waals surface area contributed by atoms with E-state index in [0.29, 0.717) is 12.0 Å². The van der Waals surface area contributed by atoms with Crippen molar-refractivity contribution in [2.75, 3.05) is 0 Å². The standard InChI is InChI=1S/C17H13F15O/c1-2-8-3-5-9(6-4-8)10(33)7-11(18,19)12(20,21)13(22,23)14(24,25)15(26,27)16(28,29)17(30,31)32/h3-6,10,33H,2,7H2,1H3. The van der Waals surface area contributed by atoms with Crippen molar-refractivity contribution in [1.29, 1.82) is 0 Å². The third-order valence-electron chi connectivity index (χ3n) is 4.62. The number of aryl methyl sites for hydroxylation is 1. The highest BCUT2D eigenvalue weighted by molar-refractivity contribution is 5.24. The van der Waals surface area contributed by atoms with E-state index in [2.05, 4.69) is 0 Å². The number of halogens is 15. The van der Waals surface area contributed by atoms with Crippen LogP contribution in [0.2, 0.25) is 0 Å². The molecule has 0 aromatic heterocycles. The lowest BCUT2D eigenvalue weighted by Gasteiger charge is -2.41. The van der Waals surface area contributed by atoms with Gasteiger partial charge in [-0.05, 0) is 17.5 Å². The van der Waals surface area contributed by atoms with Gasteiger partial charge in [-0.25, -0.2) is 0 Å².